The highest BCUT2D eigenvalue weighted by molar-refractivity contribution is 5.90. The van der Waals surface area contributed by atoms with Gasteiger partial charge >= 0.3 is 12.3 Å². The lowest BCUT2D eigenvalue weighted by Gasteiger charge is -2.10. The number of hydrogen-bond acceptors (Lipinski definition) is 5. The Morgan fingerprint density at radius 3 is 2.52 bits per heavy atom. The number of benzene rings is 1. The van der Waals surface area contributed by atoms with Gasteiger partial charge in [0, 0.05) is 19.8 Å². The number of fused-ring (bicyclic) bond motifs is 1. The van der Waals surface area contributed by atoms with Crippen LogP contribution >= 0.6 is 0 Å². The van der Waals surface area contributed by atoms with Crippen LogP contribution in [-0.4, -0.2) is 31.2 Å². The number of hydrogen-bond donors (Lipinski definition) is 1. The second-order valence-electron chi connectivity index (χ2n) is 5.71. The predicted octanol–water partition coefficient (Wildman–Crippen LogP) is 0.674. The van der Waals surface area contributed by atoms with Gasteiger partial charge < -0.3 is 14.6 Å². The molecule has 0 saturated carbocycles. The number of halogens is 2. The van der Waals surface area contributed by atoms with E-state index in [1.165, 1.54) is 46.8 Å². The molecule has 0 bridgehead atoms. The van der Waals surface area contributed by atoms with Crippen LogP contribution in [-0.2, 0) is 25.4 Å². The van der Waals surface area contributed by atoms with Crippen molar-refractivity contribution in [3.8, 4) is 5.75 Å². The Bertz CT molecular complexity index is 1110. The quantitative estimate of drug-likeness (QED) is 0.703. The third kappa shape index (κ3) is 3.57. The number of carbonyl (C=O) groups excluding carboxylic acids is 1. The smallest absolute Gasteiger partial charge is 0.387 e. The summed E-state index contributed by atoms with van der Waals surface area (Å²) in [6, 6.07) is 5.24. The number of amides is 1. The number of anilines is 1. The Kier molecular flexibility index (Phi) is 4.75. The van der Waals surface area contributed by atoms with Crippen LogP contribution in [0.15, 0.2) is 40.2 Å². The summed E-state index contributed by atoms with van der Waals surface area (Å²) < 4.78 is 31.9. The molecule has 0 saturated heterocycles. The fourth-order valence-electron chi connectivity index (χ4n) is 2.60. The van der Waals surface area contributed by atoms with Crippen LogP contribution in [0, 0.1) is 0 Å². The molecule has 11 heteroatoms. The van der Waals surface area contributed by atoms with E-state index in [0.29, 0.717) is 5.69 Å². The molecule has 9 nitrogen and oxygen atoms in total. The van der Waals surface area contributed by atoms with Crippen molar-refractivity contribution in [1.29, 1.82) is 0 Å². The third-order valence-corrected chi connectivity index (χ3v) is 3.87. The average molecular weight is 379 g/mol. The minimum absolute atomic E-state index is 0.0604. The van der Waals surface area contributed by atoms with E-state index in [9.17, 15) is 23.2 Å². The molecule has 1 aromatic carbocycles. The zero-order valence-electron chi connectivity index (χ0n) is 14.3. The van der Waals surface area contributed by atoms with Crippen LogP contribution in [0.2, 0.25) is 0 Å². The standard InChI is InChI=1S/C16H15F2N5O4/c1-21-8-19-13-12(21)14(25)23(16(26)22(13)2)7-11(24)20-9-3-5-10(6-4-9)27-15(17)18/h3-6,8,15H,7H2,1-2H3,(H,20,24). The molecule has 0 radical (unpaired) electrons. The summed E-state index contributed by atoms with van der Waals surface area (Å²) in [5.74, 6) is -0.687. The van der Waals surface area contributed by atoms with Crippen LogP contribution in [0.4, 0.5) is 14.5 Å². The first-order valence-corrected chi connectivity index (χ1v) is 7.73. The van der Waals surface area contributed by atoms with E-state index < -0.39 is 30.3 Å². The molecule has 3 aromatic rings. The van der Waals surface area contributed by atoms with Crippen LogP contribution in [0.3, 0.4) is 0 Å². The van der Waals surface area contributed by atoms with Crippen molar-refractivity contribution in [2.75, 3.05) is 5.32 Å². The molecule has 0 spiro atoms. The molecule has 0 unspecified atom stereocenters. The first-order chi connectivity index (χ1) is 12.8. The van der Waals surface area contributed by atoms with Crippen LogP contribution in [0.1, 0.15) is 0 Å². The Morgan fingerprint density at radius 1 is 1.22 bits per heavy atom. The van der Waals surface area contributed by atoms with Crippen LogP contribution in [0.25, 0.3) is 11.2 Å². The number of rotatable bonds is 5. The number of carbonyl (C=O) groups is 1. The summed E-state index contributed by atoms with van der Waals surface area (Å²) in [6.45, 7) is -3.46. The molecule has 0 aliphatic rings. The van der Waals surface area contributed by atoms with Gasteiger partial charge in [0.05, 0.1) is 6.33 Å². The molecule has 0 atom stereocenters. The topological polar surface area (TPSA) is 100 Å². The maximum absolute atomic E-state index is 12.5. The predicted molar refractivity (Wildman–Crippen MR) is 91.9 cm³/mol. The van der Waals surface area contributed by atoms with Gasteiger partial charge in [-0.2, -0.15) is 8.78 Å². The van der Waals surface area contributed by atoms with Crippen molar-refractivity contribution in [1.82, 2.24) is 18.7 Å². The Hall–Kier alpha value is -3.50. The monoisotopic (exact) mass is 379 g/mol. The van der Waals surface area contributed by atoms with Crippen molar-refractivity contribution < 1.29 is 18.3 Å². The van der Waals surface area contributed by atoms with Gasteiger partial charge in [0.25, 0.3) is 5.56 Å². The van der Waals surface area contributed by atoms with Crippen LogP contribution in [0.5, 0.6) is 5.75 Å². The number of nitrogens with one attached hydrogen (secondary N) is 1. The third-order valence-electron chi connectivity index (χ3n) is 3.87. The highest BCUT2D eigenvalue weighted by Gasteiger charge is 2.17. The molecule has 0 fully saturated rings. The molecule has 1 N–H and O–H groups in total. The van der Waals surface area contributed by atoms with Gasteiger partial charge in [0.2, 0.25) is 5.91 Å². The SMILES string of the molecule is Cn1cnc2c1c(=O)n(CC(=O)Nc1ccc(OC(F)F)cc1)c(=O)n2C. The molecule has 2 aromatic heterocycles. The van der Waals surface area contributed by atoms with E-state index in [1.54, 1.807) is 7.05 Å². The number of alkyl halides is 2. The fraction of sp³-hybridized carbons (Fsp3) is 0.250. The van der Waals surface area contributed by atoms with Gasteiger partial charge in [-0.15, -0.1) is 0 Å². The summed E-state index contributed by atoms with van der Waals surface area (Å²) in [7, 11) is 3.06. The molecular formula is C16H15F2N5O4. The maximum Gasteiger partial charge on any atom is 0.387 e. The van der Waals surface area contributed by atoms with Gasteiger partial charge in [-0.05, 0) is 24.3 Å². The maximum atomic E-state index is 12.5. The van der Waals surface area contributed by atoms with Crippen molar-refractivity contribution in [3.05, 3.63) is 51.4 Å². The van der Waals surface area contributed by atoms with Gasteiger partial charge in [-0.1, -0.05) is 0 Å². The van der Waals surface area contributed by atoms with E-state index in [-0.39, 0.29) is 16.9 Å². The minimum atomic E-state index is -2.95. The molecular weight excluding hydrogens is 364 g/mol. The number of aromatic nitrogens is 4. The molecule has 0 aliphatic carbocycles. The lowest BCUT2D eigenvalue weighted by molar-refractivity contribution is -0.116. The molecule has 142 valence electrons. The Balaban J connectivity index is 1.83. The summed E-state index contributed by atoms with van der Waals surface area (Å²) in [6.07, 6.45) is 1.40. The number of aryl methyl sites for hydroxylation is 2. The first-order valence-electron chi connectivity index (χ1n) is 7.73. The van der Waals surface area contributed by atoms with E-state index in [1.807, 2.05) is 0 Å². The molecule has 3 rings (SSSR count). The van der Waals surface area contributed by atoms with E-state index in [0.717, 1.165) is 4.57 Å². The summed E-state index contributed by atoms with van der Waals surface area (Å²) in [5.41, 5.74) is -0.601. The largest absolute Gasteiger partial charge is 0.435 e. The van der Waals surface area contributed by atoms with Gasteiger partial charge in [-0.25, -0.2) is 14.3 Å². The molecule has 2 heterocycles. The van der Waals surface area contributed by atoms with E-state index >= 15 is 0 Å². The van der Waals surface area contributed by atoms with Gasteiger partial charge in [-0.3, -0.25) is 14.2 Å². The minimum Gasteiger partial charge on any atom is -0.435 e. The fourth-order valence-corrected chi connectivity index (χ4v) is 2.60. The number of nitrogens with zero attached hydrogens (tertiary/aromatic N) is 4. The zero-order chi connectivity index (χ0) is 19.7. The van der Waals surface area contributed by atoms with Crippen molar-refractivity contribution in [2.45, 2.75) is 13.2 Å². The van der Waals surface area contributed by atoms with Crippen molar-refractivity contribution in [3.63, 3.8) is 0 Å². The normalized spacial score (nSPS) is 11.1. The molecule has 1 amide bonds. The van der Waals surface area contributed by atoms with Crippen molar-refractivity contribution >= 4 is 22.8 Å². The van der Waals surface area contributed by atoms with E-state index in [2.05, 4.69) is 15.0 Å². The number of imidazole rings is 1. The van der Waals surface area contributed by atoms with E-state index in [4.69, 9.17) is 0 Å². The lowest BCUT2D eigenvalue weighted by Crippen LogP contribution is -2.42. The van der Waals surface area contributed by atoms with Crippen molar-refractivity contribution in [2.24, 2.45) is 14.1 Å². The second-order valence-corrected chi connectivity index (χ2v) is 5.71. The average Bonchev–Trinajstić information content (AvgIpc) is 3.00. The highest BCUT2D eigenvalue weighted by Crippen LogP contribution is 2.17. The first kappa shape index (κ1) is 18.3. The summed E-state index contributed by atoms with van der Waals surface area (Å²) >= 11 is 0. The summed E-state index contributed by atoms with van der Waals surface area (Å²) in [5, 5.41) is 2.49. The summed E-state index contributed by atoms with van der Waals surface area (Å²) in [4.78, 5) is 41.1. The second kappa shape index (κ2) is 7.02. The number of ether oxygens (including phenoxy) is 1. The Labute approximate surface area is 150 Å². The molecule has 27 heavy (non-hydrogen) atoms. The van der Waals surface area contributed by atoms with Crippen LogP contribution < -0.4 is 21.3 Å². The molecule has 0 aliphatic heterocycles. The zero-order valence-corrected chi connectivity index (χ0v) is 14.3. The van der Waals surface area contributed by atoms with Gasteiger partial charge in [0.1, 0.15) is 12.3 Å². The highest BCUT2D eigenvalue weighted by atomic mass is 19.3. The lowest BCUT2D eigenvalue weighted by atomic mass is 10.3. The Morgan fingerprint density at radius 2 is 1.89 bits per heavy atom. The van der Waals surface area contributed by atoms with Gasteiger partial charge in [0.15, 0.2) is 11.2 Å².